The Bertz CT molecular complexity index is 129. The fraction of sp³-hybridized carbons (Fsp3) is 0.917. The van der Waals surface area contributed by atoms with Crippen molar-refractivity contribution in [2.24, 2.45) is 0 Å². The van der Waals surface area contributed by atoms with E-state index in [9.17, 15) is 4.79 Å². The Kier molecular flexibility index (Phi) is 13.9. The van der Waals surface area contributed by atoms with Crippen LogP contribution in [0.1, 0.15) is 57.8 Å². The molecule has 2 nitrogen and oxygen atoms in total. The molecule has 0 bridgehead atoms. The van der Waals surface area contributed by atoms with Crippen LogP contribution in [0.4, 0.5) is 0 Å². The molecule has 0 atom stereocenters. The van der Waals surface area contributed by atoms with Crippen LogP contribution in [-0.2, 0) is 9.53 Å². The predicted molar refractivity (Wildman–Crippen MR) is 67.0 cm³/mol. The number of rotatable bonds is 12. The third-order valence-corrected chi connectivity index (χ3v) is 3.00. The van der Waals surface area contributed by atoms with Crippen LogP contribution in [0.25, 0.3) is 0 Å². The Labute approximate surface area is 102 Å². The van der Waals surface area contributed by atoms with E-state index in [-0.39, 0.29) is 0 Å². The fourth-order valence-electron chi connectivity index (χ4n) is 1.55. The van der Waals surface area contributed by atoms with Crippen molar-refractivity contribution in [1.82, 2.24) is 0 Å². The van der Waals surface area contributed by atoms with Crippen LogP contribution in [-0.4, -0.2) is 18.4 Å². The van der Waals surface area contributed by atoms with Gasteiger partial charge < -0.3 is 4.74 Å². The van der Waals surface area contributed by atoms with E-state index in [1.54, 1.807) is 0 Å². The summed E-state index contributed by atoms with van der Waals surface area (Å²) >= 11 is 3.43. The van der Waals surface area contributed by atoms with E-state index in [0.29, 0.717) is 6.61 Å². The van der Waals surface area contributed by atoms with Gasteiger partial charge in [-0.1, -0.05) is 60.9 Å². The van der Waals surface area contributed by atoms with Crippen LogP contribution in [0.5, 0.6) is 0 Å². The highest BCUT2D eigenvalue weighted by Crippen LogP contribution is 2.10. The van der Waals surface area contributed by atoms with Crippen LogP contribution < -0.4 is 0 Å². The second kappa shape index (κ2) is 13.9. The smallest absolute Gasteiger partial charge is 0.417 e. The first-order valence-corrected chi connectivity index (χ1v) is 7.09. The second-order valence-corrected chi connectivity index (χ2v) is 4.60. The van der Waals surface area contributed by atoms with E-state index in [1.807, 2.05) is 0 Å². The average Bonchev–Trinajstić information content (AvgIpc) is 2.26. The summed E-state index contributed by atoms with van der Waals surface area (Å²) in [4.78, 5) is 9.71. The molecule has 0 heterocycles. The zero-order valence-electron chi connectivity index (χ0n) is 9.47. The second-order valence-electron chi connectivity index (χ2n) is 3.80. The Morgan fingerprint density at radius 3 is 1.73 bits per heavy atom. The van der Waals surface area contributed by atoms with E-state index in [1.165, 1.54) is 57.8 Å². The third-order valence-electron chi connectivity index (χ3n) is 2.44. The van der Waals surface area contributed by atoms with Gasteiger partial charge in [-0.2, -0.15) is 0 Å². The van der Waals surface area contributed by atoms with E-state index in [2.05, 4.69) is 20.7 Å². The van der Waals surface area contributed by atoms with E-state index >= 15 is 0 Å². The SMILES string of the molecule is O=[C]OCCCCCCCCCCCBr. The monoisotopic (exact) mass is 277 g/mol. The molecule has 3 heteroatoms. The predicted octanol–water partition coefficient (Wildman–Crippen LogP) is 3.98. The summed E-state index contributed by atoms with van der Waals surface area (Å²) in [5.41, 5.74) is 0. The minimum atomic E-state index is 0.536. The molecule has 0 aromatic heterocycles. The first kappa shape index (κ1) is 14.9. The van der Waals surface area contributed by atoms with Crippen LogP contribution in [0.2, 0.25) is 0 Å². The lowest BCUT2D eigenvalue weighted by Crippen LogP contribution is -1.91. The summed E-state index contributed by atoms with van der Waals surface area (Å²) in [6.45, 7) is 1.98. The summed E-state index contributed by atoms with van der Waals surface area (Å²) in [7, 11) is 0. The largest absolute Gasteiger partial charge is 0.457 e. The zero-order valence-corrected chi connectivity index (χ0v) is 11.1. The van der Waals surface area contributed by atoms with Gasteiger partial charge in [0.05, 0.1) is 6.61 Å². The van der Waals surface area contributed by atoms with Gasteiger partial charge in [-0.25, -0.2) is 4.79 Å². The molecule has 0 aliphatic rings. The van der Waals surface area contributed by atoms with Crippen molar-refractivity contribution >= 4 is 22.4 Å². The quantitative estimate of drug-likeness (QED) is 0.399. The summed E-state index contributed by atoms with van der Waals surface area (Å²) in [5, 5.41) is 1.14. The lowest BCUT2D eigenvalue weighted by molar-refractivity contribution is 0.268. The first-order chi connectivity index (χ1) is 7.41. The number of alkyl halides is 1. The molecule has 0 fully saturated rings. The lowest BCUT2D eigenvalue weighted by Gasteiger charge is -2.01. The van der Waals surface area contributed by atoms with Crippen LogP contribution >= 0.6 is 15.9 Å². The number of hydrogen-bond acceptors (Lipinski definition) is 2. The van der Waals surface area contributed by atoms with Gasteiger partial charge in [-0.15, -0.1) is 0 Å². The van der Waals surface area contributed by atoms with Gasteiger partial charge in [0.25, 0.3) is 0 Å². The van der Waals surface area contributed by atoms with Crippen LogP contribution in [0, 0.1) is 0 Å². The van der Waals surface area contributed by atoms with Crippen LogP contribution in [0.3, 0.4) is 0 Å². The van der Waals surface area contributed by atoms with Crippen LogP contribution in [0.15, 0.2) is 0 Å². The van der Waals surface area contributed by atoms with Crippen molar-refractivity contribution in [1.29, 1.82) is 0 Å². The lowest BCUT2D eigenvalue weighted by atomic mass is 10.1. The summed E-state index contributed by atoms with van der Waals surface area (Å²) < 4.78 is 4.50. The van der Waals surface area contributed by atoms with Gasteiger partial charge in [0.1, 0.15) is 0 Å². The molecule has 0 unspecified atom stereocenters. The molecule has 15 heavy (non-hydrogen) atoms. The Morgan fingerprint density at radius 1 is 0.800 bits per heavy atom. The topological polar surface area (TPSA) is 26.3 Å². The number of ether oxygens (including phenoxy) is 1. The normalized spacial score (nSPS) is 10.2. The Hall–Kier alpha value is -0.0500. The van der Waals surface area contributed by atoms with Crippen molar-refractivity contribution < 1.29 is 9.53 Å². The standard InChI is InChI=1S/C12H22BrO2/c13-10-8-6-4-2-1-3-5-7-9-11-15-12-14/h1-11H2. The molecule has 0 aromatic carbocycles. The molecule has 0 saturated carbocycles. The highest BCUT2D eigenvalue weighted by atomic mass is 79.9. The van der Waals surface area contributed by atoms with Crippen molar-refractivity contribution in [3.05, 3.63) is 0 Å². The number of carbonyl (C=O) groups excluding carboxylic acids is 1. The molecule has 0 saturated heterocycles. The van der Waals surface area contributed by atoms with Gasteiger partial charge in [-0.3, -0.25) is 0 Å². The third kappa shape index (κ3) is 14.0. The maximum atomic E-state index is 9.71. The van der Waals surface area contributed by atoms with E-state index in [4.69, 9.17) is 0 Å². The molecule has 0 N–H and O–H groups in total. The number of hydrogen-bond donors (Lipinski definition) is 0. The minimum Gasteiger partial charge on any atom is -0.457 e. The van der Waals surface area contributed by atoms with E-state index < -0.39 is 0 Å². The van der Waals surface area contributed by atoms with Crippen molar-refractivity contribution in [2.45, 2.75) is 57.8 Å². The highest BCUT2D eigenvalue weighted by Gasteiger charge is 1.92. The van der Waals surface area contributed by atoms with Crippen molar-refractivity contribution in [2.75, 3.05) is 11.9 Å². The summed E-state index contributed by atoms with van der Waals surface area (Å²) in [6.07, 6.45) is 11.5. The van der Waals surface area contributed by atoms with Gasteiger partial charge >= 0.3 is 6.47 Å². The summed E-state index contributed by atoms with van der Waals surface area (Å²) in [5.74, 6) is 0. The molecular weight excluding hydrogens is 256 g/mol. The Balaban J connectivity index is 2.83. The zero-order chi connectivity index (χ0) is 11.2. The maximum absolute atomic E-state index is 9.71. The molecule has 0 aliphatic heterocycles. The molecule has 1 radical (unpaired) electrons. The maximum Gasteiger partial charge on any atom is 0.417 e. The molecule has 0 aromatic rings. The fourth-order valence-corrected chi connectivity index (χ4v) is 1.94. The molecule has 0 aliphatic carbocycles. The highest BCUT2D eigenvalue weighted by molar-refractivity contribution is 9.09. The molecule has 0 spiro atoms. The molecular formula is C12H22BrO2. The molecule has 0 amide bonds. The van der Waals surface area contributed by atoms with Gasteiger partial charge in [0.15, 0.2) is 0 Å². The van der Waals surface area contributed by atoms with Crippen molar-refractivity contribution in [3.63, 3.8) is 0 Å². The van der Waals surface area contributed by atoms with Gasteiger partial charge in [-0.05, 0) is 12.8 Å². The minimum absolute atomic E-state index is 0.536. The Morgan fingerprint density at radius 2 is 1.27 bits per heavy atom. The van der Waals surface area contributed by atoms with Crippen molar-refractivity contribution in [3.8, 4) is 0 Å². The number of unbranched alkanes of at least 4 members (excludes halogenated alkanes) is 8. The first-order valence-electron chi connectivity index (χ1n) is 5.96. The average molecular weight is 278 g/mol. The molecule has 89 valence electrons. The number of halogens is 1. The molecule has 0 rings (SSSR count). The van der Waals surface area contributed by atoms with Gasteiger partial charge in [0, 0.05) is 5.33 Å². The van der Waals surface area contributed by atoms with E-state index in [0.717, 1.165) is 11.8 Å². The summed E-state index contributed by atoms with van der Waals surface area (Å²) in [6, 6.07) is 0. The van der Waals surface area contributed by atoms with Gasteiger partial charge in [0.2, 0.25) is 0 Å².